The summed E-state index contributed by atoms with van der Waals surface area (Å²) in [5.41, 5.74) is 13.9. The van der Waals surface area contributed by atoms with E-state index in [4.69, 9.17) is 43.9 Å². The summed E-state index contributed by atoms with van der Waals surface area (Å²) < 4.78 is 267. The summed E-state index contributed by atoms with van der Waals surface area (Å²) in [5, 5.41) is 0. The first-order chi connectivity index (χ1) is 62.3. The number of aromatic nitrogens is 4. The predicted octanol–water partition coefficient (Wildman–Crippen LogP) is 24.2. The first-order valence-corrected chi connectivity index (χ1v) is 35.3. The predicted molar refractivity (Wildman–Crippen MR) is 443 cm³/mol. The fourth-order valence-electron chi connectivity index (χ4n) is 13.5. The molecular formula is C100H118N4+4. The molecule has 4 heterocycles. The van der Waals surface area contributed by atoms with Gasteiger partial charge in [0.15, 0.2) is 24.8 Å². The average molecular weight is 1410 g/mol. The normalized spacial score (nSPS) is 18.5. The summed E-state index contributed by atoms with van der Waals surface area (Å²) in [6.07, 6.45) is 8.81. The average Bonchev–Trinajstić information content (AvgIpc) is 0.796. The van der Waals surface area contributed by atoms with Crippen LogP contribution in [0.5, 0.6) is 0 Å². The minimum atomic E-state index is -2.45. The van der Waals surface area contributed by atoms with Crippen molar-refractivity contribution in [2.75, 3.05) is 0 Å². The van der Waals surface area contributed by atoms with Crippen molar-refractivity contribution in [1.82, 2.24) is 0 Å². The van der Waals surface area contributed by atoms with Crippen LogP contribution in [0.3, 0.4) is 0 Å². The third-order valence-corrected chi connectivity index (χ3v) is 18.9. The molecule has 4 heteroatoms. The molecule has 4 aromatic heterocycles. The van der Waals surface area contributed by atoms with Gasteiger partial charge in [0.2, 0.25) is 22.8 Å². The molecule has 0 aliphatic heterocycles. The molecule has 13 rings (SSSR count). The maximum Gasteiger partial charge on any atom is 0.212 e. The lowest BCUT2D eigenvalue weighted by atomic mass is 9.83. The Balaban J connectivity index is 0.000000188. The number of hydrogen-bond acceptors (Lipinski definition) is 0. The molecule has 0 saturated heterocycles. The topological polar surface area (TPSA) is 15.5 Å². The smallest absolute Gasteiger partial charge is 0.201 e. The van der Waals surface area contributed by atoms with Crippen LogP contribution in [0.1, 0.15) is 205 Å². The Morgan fingerprint density at radius 2 is 0.712 bits per heavy atom. The summed E-state index contributed by atoms with van der Waals surface area (Å²) in [7, 11) is 7.34. The van der Waals surface area contributed by atoms with Crippen molar-refractivity contribution in [2.24, 2.45) is 39.5 Å². The molecule has 4 nitrogen and oxygen atoms in total. The molecule has 0 N–H and O–H groups in total. The third-order valence-electron chi connectivity index (χ3n) is 18.9. The van der Waals surface area contributed by atoms with Crippen LogP contribution in [0, 0.1) is 101 Å². The van der Waals surface area contributed by atoms with Crippen molar-refractivity contribution in [2.45, 2.75) is 175 Å². The van der Waals surface area contributed by atoms with Crippen LogP contribution in [0.25, 0.3) is 89.5 Å². The Morgan fingerprint density at radius 3 is 1.08 bits per heavy atom. The lowest BCUT2D eigenvalue weighted by Gasteiger charge is -2.22. The van der Waals surface area contributed by atoms with E-state index in [2.05, 4.69) is 6.07 Å². The monoisotopic (exact) mass is 1410 g/mol. The van der Waals surface area contributed by atoms with E-state index in [1.165, 1.54) is 30.5 Å². The highest BCUT2D eigenvalue weighted by Crippen LogP contribution is 2.40. The zero-order valence-corrected chi connectivity index (χ0v) is 62.2. The minimum absolute atomic E-state index is 0.0669. The largest absolute Gasteiger partial charge is 0.212 e. The molecule has 12 aromatic rings. The second kappa shape index (κ2) is 33.9. The van der Waals surface area contributed by atoms with Crippen LogP contribution in [-0.4, -0.2) is 0 Å². The van der Waals surface area contributed by atoms with Gasteiger partial charge < -0.3 is 0 Å². The van der Waals surface area contributed by atoms with E-state index in [0.717, 1.165) is 54.5 Å². The summed E-state index contributed by atoms with van der Waals surface area (Å²) in [6, 6.07) is 53.7. The van der Waals surface area contributed by atoms with Crippen LogP contribution in [0.2, 0.25) is 0 Å². The Labute approximate surface area is 671 Å². The fraction of sp³-hybridized carbons (Fsp3) is 0.320. The maximum atomic E-state index is 9.09. The Kier molecular flexibility index (Phi) is 14.6. The molecule has 1 saturated carbocycles. The van der Waals surface area contributed by atoms with Crippen LogP contribution in [0.15, 0.2) is 219 Å². The van der Waals surface area contributed by atoms with Gasteiger partial charge in [0, 0.05) is 114 Å². The number of aryl methyl sites for hydroxylation is 17. The number of benzene rings is 8. The van der Waals surface area contributed by atoms with Gasteiger partial charge in [0.25, 0.3) is 0 Å². The van der Waals surface area contributed by atoms with Gasteiger partial charge in [-0.15, -0.1) is 0 Å². The van der Waals surface area contributed by atoms with Gasteiger partial charge in [0.05, 0.1) is 0 Å². The Bertz CT molecular complexity index is 6380. The van der Waals surface area contributed by atoms with Crippen molar-refractivity contribution in [3.63, 3.8) is 0 Å². The van der Waals surface area contributed by atoms with Crippen molar-refractivity contribution in [3.8, 4) is 89.5 Å². The molecule has 0 radical (unpaired) electrons. The molecule has 534 valence electrons. The van der Waals surface area contributed by atoms with Gasteiger partial charge in [-0.2, -0.15) is 0 Å². The van der Waals surface area contributed by atoms with Crippen molar-refractivity contribution >= 4 is 0 Å². The summed E-state index contributed by atoms with van der Waals surface area (Å²) in [5.74, 6) is -0.862. The van der Waals surface area contributed by atoms with Gasteiger partial charge in [-0.25, -0.2) is 18.3 Å². The molecule has 0 unspecified atom stereocenters. The Morgan fingerprint density at radius 1 is 0.356 bits per heavy atom. The van der Waals surface area contributed by atoms with E-state index < -0.39 is 85.7 Å². The van der Waals surface area contributed by atoms with Crippen LogP contribution in [0.4, 0.5) is 0 Å². The highest BCUT2D eigenvalue weighted by Gasteiger charge is 2.25. The summed E-state index contributed by atoms with van der Waals surface area (Å²) in [6.45, 7) is -5.14. The number of hydrogen-bond donors (Lipinski definition) is 0. The van der Waals surface area contributed by atoms with E-state index >= 15 is 0 Å². The quantitative estimate of drug-likeness (QED) is 0.108. The fourth-order valence-corrected chi connectivity index (χ4v) is 13.5. The van der Waals surface area contributed by atoms with E-state index in [-0.39, 0.29) is 56.0 Å². The summed E-state index contributed by atoms with van der Waals surface area (Å²) in [4.78, 5) is 0. The van der Waals surface area contributed by atoms with Gasteiger partial charge in [-0.1, -0.05) is 175 Å². The molecule has 1 aliphatic rings. The molecule has 8 aromatic carbocycles. The number of nitrogens with zero attached hydrogens (tertiary/aromatic N) is 4. The van der Waals surface area contributed by atoms with Gasteiger partial charge in [0.1, 0.15) is 28.2 Å². The molecule has 0 atom stereocenters. The molecule has 1 fully saturated rings. The van der Waals surface area contributed by atoms with E-state index in [0.29, 0.717) is 106 Å². The van der Waals surface area contributed by atoms with E-state index in [1.807, 2.05) is 109 Å². The van der Waals surface area contributed by atoms with Crippen molar-refractivity contribution in [3.05, 3.63) is 308 Å². The van der Waals surface area contributed by atoms with Crippen molar-refractivity contribution < 1.29 is 62.1 Å². The zero-order chi connectivity index (χ0) is 102. The zero-order valence-electron chi connectivity index (χ0n) is 94.2. The van der Waals surface area contributed by atoms with E-state index in [9.17, 15) is 0 Å². The first kappa shape index (κ1) is 44.9. The number of rotatable bonds is 12. The van der Waals surface area contributed by atoms with Crippen LogP contribution >= 0.6 is 0 Å². The van der Waals surface area contributed by atoms with Gasteiger partial charge in [-0.3, -0.25) is 0 Å². The Hall–Kier alpha value is -9.64. The molecule has 1 aliphatic carbocycles. The lowest BCUT2D eigenvalue weighted by Crippen LogP contribution is -2.31. The highest BCUT2D eigenvalue weighted by atomic mass is 14.9. The second-order valence-corrected chi connectivity index (χ2v) is 28.5. The van der Waals surface area contributed by atoms with Gasteiger partial charge in [-0.05, 0) is 290 Å². The summed E-state index contributed by atoms with van der Waals surface area (Å²) >= 11 is 0. The van der Waals surface area contributed by atoms with E-state index in [1.54, 1.807) is 183 Å². The standard InChI is InChI=1S/C27H32N.C26H32N.C25H30N.C22H24N/c1-19-10-8-9-13-24(19)25-18-26(21(3)16-20(25)2)27-17-23(14-15-28(27)4)22-11-6-5-7-12-22;1-18-10-8-9-11-22(18)23-16-24(20(3)14-19(23)2)25-15-21(12-13-27(25)7)17-26(4,5)6;1-17(2)13-21-11-12-26(6)25(15-21)24-16-23(19(4)14-20(24)5)22-10-8-7-9-18(22)3;1-15-10-11-22(23(5)14-15)21-13-20(17(3)12-18(21)4)19-9-7-6-8-16(19)2/h8-10,13-18,22H,5-7,11-12H2,1-4H3;8-16H,17H2,1-7H3;7-12,14-17H,13H2,1-6H3;6-14H,1-5H3/q4*+1/i1D3,2D3,22D;1D3,2D3,17D2;3D3,4D3,13D2;1D3,2D3,3D3. The lowest BCUT2D eigenvalue weighted by molar-refractivity contribution is -0.660. The molecule has 0 bridgehead atoms. The third kappa shape index (κ3) is 18.6. The molecule has 104 heavy (non-hydrogen) atoms. The minimum Gasteiger partial charge on any atom is -0.201 e. The maximum absolute atomic E-state index is 9.09. The first-order valence-electron chi connectivity index (χ1n) is 51.3. The highest BCUT2D eigenvalue weighted by molar-refractivity contribution is 5.81. The second-order valence-electron chi connectivity index (χ2n) is 28.5. The number of pyridine rings is 4. The SMILES string of the molecule is [2H]C([2H])([2H])c1ccc(-c2cc(-c3ccccc3C([2H])([2H])[2H])c(C([2H])([2H])[2H])cc2C)[n+](C)c1.[2H]C([2H])([2H])c1ccccc1-c1cc(-c2cc(C([2H])([2H])C(C)(C)C)cc[n+]2C)c(C)cc1C([2H])([2H])[2H].[2H]C([2H])([2H])c1ccccc1-c1cc(-c2cc(C([2H])([2H])C(C)C)cc[n+]2C)c(C)cc1C([2H])([2H])[2H].[2H]C([2H])([2H])c1ccccc1-c1cc(-c2cc(C3([2H])CCCCC3)cc[n+]2C)c(C)cc1C([2H])([2H])[2H]. The van der Waals surface area contributed by atoms with Crippen LogP contribution < -0.4 is 18.3 Å². The van der Waals surface area contributed by atoms with Gasteiger partial charge >= 0.3 is 0 Å². The molecule has 0 amide bonds. The van der Waals surface area contributed by atoms with Crippen molar-refractivity contribution in [1.29, 1.82) is 0 Å². The molecule has 0 spiro atoms. The molecular weight excluding hydrogens is 1260 g/mol. The van der Waals surface area contributed by atoms with Crippen LogP contribution in [-0.2, 0) is 40.9 Å².